The van der Waals surface area contributed by atoms with Crippen molar-refractivity contribution in [3.8, 4) is 6.07 Å². The molecule has 1 spiro atoms. The molecule has 2 fully saturated rings. The molecule has 0 saturated carbocycles. The van der Waals surface area contributed by atoms with Gasteiger partial charge in [0.1, 0.15) is 5.54 Å². The maximum Gasteiger partial charge on any atom is 0.332 e. The Morgan fingerprint density at radius 1 is 1.06 bits per heavy atom. The van der Waals surface area contributed by atoms with Gasteiger partial charge in [-0.25, -0.2) is 9.69 Å². The molecule has 0 bridgehead atoms. The molecule has 0 N–H and O–H groups in total. The Kier molecular flexibility index (Phi) is 5.84. The van der Waals surface area contributed by atoms with Gasteiger partial charge in [0.2, 0.25) is 0 Å². The summed E-state index contributed by atoms with van der Waals surface area (Å²) < 4.78 is 2.05. The van der Waals surface area contributed by atoms with Crippen molar-refractivity contribution in [2.24, 2.45) is 7.05 Å². The number of benzene rings is 2. The lowest BCUT2D eigenvalue weighted by atomic mass is 9.80. The molecule has 5 rings (SSSR count). The van der Waals surface area contributed by atoms with Crippen LogP contribution in [0.15, 0.2) is 60.8 Å². The molecule has 35 heavy (non-hydrogen) atoms. The first-order valence-corrected chi connectivity index (χ1v) is 11.9. The molecule has 1 aromatic heterocycles. The number of halogens is 2. The van der Waals surface area contributed by atoms with Gasteiger partial charge in [0, 0.05) is 61.6 Å². The standard InChI is InChI=1S/C26H23Cl2N5O2/c1-30-9-3-4-21(30)14-32-15-23(18-7-5-17(13-29)6-8-18)26(16-32)24(34)33(25(35)31(26)2)22-11-19(27)10-20(28)12-22/h3-12,23H,14-16H2,1-2H3. The summed E-state index contributed by atoms with van der Waals surface area (Å²) in [5.41, 5.74) is 1.78. The summed E-state index contributed by atoms with van der Waals surface area (Å²) >= 11 is 12.4. The first kappa shape index (κ1) is 23.4. The maximum atomic E-state index is 14.2. The first-order valence-electron chi connectivity index (χ1n) is 11.2. The van der Waals surface area contributed by atoms with Crippen LogP contribution in [0, 0.1) is 11.3 Å². The van der Waals surface area contributed by atoms with Crippen LogP contribution in [0.2, 0.25) is 10.0 Å². The van der Waals surface area contributed by atoms with Crippen LogP contribution in [0.25, 0.3) is 0 Å². The number of hydrogen-bond donors (Lipinski definition) is 0. The van der Waals surface area contributed by atoms with Crippen LogP contribution >= 0.6 is 23.2 Å². The van der Waals surface area contributed by atoms with E-state index >= 15 is 0 Å². The Hall–Kier alpha value is -3.31. The molecule has 2 atom stereocenters. The molecule has 2 aliphatic rings. The molecule has 2 aliphatic heterocycles. The molecule has 2 saturated heterocycles. The van der Waals surface area contributed by atoms with Gasteiger partial charge in [-0.2, -0.15) is 5.26 Å². The average molecular weight is 508 g/mol. The lowest BCUT2D eigenvalue weighted by molar-refractivity contribution is -0.124. The zero-order chi connectivity index (χ0) is 24.9. The normalized spacial score (nSPS) is 22.4. The van der Waals surface area contributed by atoms with E-state index in [0.717, 1.165) is 11.3 Å². The molecule has 178 valence electrons. The Bertz CT molecular complexity index is 1340. The second kappa shape index (κ2) is 8.72. The smallest absolute Gasteiger partial charge is 0.332 e. The van der Waals surface area contributed by atoms with Crippen molar-refractivity contribution in [2.45, 2.75) is 18.0 Å². The zero-order valence-electron chi connectivity index (χ0n) is 19.3. The summed E-state index contributed by atoms with van der Waals surface area (Å²) in [6.45, 7) is 1.58. The summed E-state index contributed by atoms with van der Waals surface area (Å²) in [5, 5.41) is 9.93. The highest BCUT2D eigenvalue weighted by Gasteiger charge is 2.64. The molecule has 3 heterocycles. The van der Waals surface area contributed by atoms with Crippen LogP contribution in [0.1, 0.15) is 22.7 Å². The number of aryl methyl sites for hydroxylation is 1. The summed E-state index contributed by atoms with van der Waals surface area (Å²) in [4.78, 5) is 32.7. The third kappa shape index (κ3) is 3.79. The van der Waals surface area contributed by atoms with E-state index in [4.69, 9.17) is 23.2 Å². The van der Waals surface area contributed by atoms with E-state index in [0.29, 0.717) is 40.9 Å². The van der Waals surface area contributed by atoms with Crippen molar-refractivity contribution < 1.29 is 9.59 Å². The van der Waals surface area contributed by atoms with Gasteiger partial charge < -0.3 is 9.47 Å². The Balaban J connectivity index is 1.59. The number of likely N-dealkylation sites (tertiary alicyclic amines) is 1. The van der Waals surface area contributed by atoms with E-state index in [1.54, 1.807) is 42.3 Å². The molecular weight excluding hydrogens is 485 g/mol. The highest BCUT2D eigenvalue weighted by atomic mass is 35.5. The van der Waals surface area contributed by atoms with Crippen LogP contribution < -0.4 is 4.90 Å². The fourth-order valence-corrected chi connectivity index (χ4v) is 5.82. The minimum atomic E-state index is -1.12. The number of hydrogen-bond acceptors (Lipinski definition) is 4. The monoisotopic (exact) mass is 507 g/mol. The minimum absolute atomic E-state index is 0.295. The topological polar surface area (TPSA) is 72.6 Å². The molecule has 2 aromatic carbocycles. The van der Waals surface area contributed by atoms with Crippen LogP contribution in [0.4, 0.5) is 10.5 Å². The second-order valence-electron chi connectivity index (χ2n) is 9.10. The number of urea groups is 1. The number of aromatic nitrogens is 1. The summed E-state index contributed by atoms with van der Waals surface area (Å²) in [7, 11) is 3.66. The Labute approximate surface area is 213 Å². The predicted molar refractivity (Wildman–Crippen MR) is 134 cm³/mol. The summed E-state index contributed by atoms with van der Waals surface area (Å²) in [6.07, 6.45) is 1.99. The molecular formula is C26H23Cl2N5O2. The molecule has 3 amide bonds. The number of rotatable bonds is 4. The summed E-state index contributed by atoms with van der Waals surface area (Å²) in [6, 6.07) is 17.7. The number of carbonyl (C=O) groups excluding carboxylic acids is 2. The van der Waals surface area contributed by atoms with Gasteiger partial charge in [0.05, 0.1) is 17.3 Å². The van der Waals surface area contributed by atoms with E-state index in [-0.39, 0.29) is 11.8 Å². The Morgan fingerprint density at radius 2 is 1.74 bits per heavy atom. The maximum absolute atomic E-state index is 14.2. The largest absolute Gasteiger partial charge is 0.353 e. The van der Waals surface area contributed by atoms with Crippen LogP contribution in [0.3, 0.4) is 0 Å². The van der Waals surface area contributed by atoms with E-state index in [1.807, 2.05) is 42.1 Å². The van der Waals surface area contributed by atoms with Crippen molar-refractivity contribution in [2.75, 3.05) is 25.0 Å². The van der Waals surface area contributed by atoms with Gasteiger partial charge in [-0.05, 0) is 48.0 Å². The van der Waals surface area contributed by atoms with Crippen molar-refractivity contribution in [1.82, 2.24) is 14.4 Å². The number of nitrogens with zero attached hydrogens (tertiary/aromatic N) is 5. The van der Waals surface area contributed by atoms with E-state index in [2.05, 4.69) is 11.0 Å². The Morgan fingerprint density at radius 3 is 2.34 bits per heavy atom. The van der Waals surface area contributed by atoms with E-state index in [1.165, 1.54) is 4.90 Å². The molecule has 0 aliphatic carbocycles. The van der Waals surface area contributed by atoms with Crippen molar-refractivity contribution >= 4 is 40.8 Å². The van der Waals surface area contributed by atoms with E-state index < -0.39 is 11.6 Å². The number of carbonyl (C=O) groups is 2. The molecule has 3 aromatic rings. The third-order valence-corrected chi connectivity index (χ3v) is 7.55. The van der Waals surface area contributed by atoms with Gasteiger partial charge in [-0.15, -0.1) is 0 Å². The van der Waals surface area contributed by atoms with Gasteiger partial charge in [-0.3, -0.25) is 9.69 Å². The van der Waals surface area contributed by atoms with Crippen molar-refractivity contribution in [3.63, 3.8) is 0 Å². The molecule has 2 unspecified atom stereocenters. The first-order chi connectivity index (χ1) is 16.7. The SMILES string of the molecule is CN1C(=O)N(c2cc(Cl)cc(Cl)c2)C(=O)C12CN(Cc1cccn1C)CC2c1ccc(C#N)cc1. The van der Waals surface area contributed by atoms with Gasteiger partial charge in [0.15, 0.2) is 0 Å². The number of nitriles is 1. The number of likely N-dealkylation sites (N-methyl/N-ethyl adjacent to an activating group) is 1. The molecule has 7 nitrogen and oxygen atoms in total. The van der Waals surface area contributed by atoms with Crippen molar-refractivity contribution in [3.05, 3.63) is 87.7 Å². The predicted octanol–water partition coefficient (Wildman–Crippen LogP) is 4.64. The lowest BCUT2D eigenvalue weighted by Gasteiger charge is -2.34. The second-order valence-corrected chi connectivity index (χ2v) is 9.97. The van der Waals surface area contributed by atoms with Crippen LogP contribution in [0.5, 0.6) is 0 Å². The minimum Gasteiger partial charge on any atom is -0.353 e. The highest BCUT2D eigenvalue weighted by Crippen LogP contribution is 2.47. The summed E-state index contributed by atoms with van der Waals surface area (Å²) in [5.74, 6) is -0.608. The third-order valence-electron chi connectivity index (χ3n) is 7.12. The fourth-order valence-electron chi connectivity index (χ4n) is 5.30. The number of anilines is 1. The lowest BCUT2D eigenvalue weighted by Crippen LogP contribution is -2.53. The fraction of sp³-hybridized carbons (Fsp3) is 0.269. The molecule has 9 heteroatoms. The van der Waals surface area contributed by atoms with Gasteiger partial charge in [0.25, 0.3) is 5.91 Å². The van der Waals surface area contributed by atoms with Gasteiger partial charge in [-0.1, -0.05) is 35.3 Å². The molecule has 0 radical (unpaired) electrons. The van der Waals surface area contributed by atoms with E-state index in [9.17, 15) is 14.9 Å². The van der Waals surface area contributed by atoms with Crippen LogP contribution in [-0.2, 0) is 18.4 Å². The quantitative estimate of drug-likeness (QED) is 0.482. The zero-order valence-corrected chi connectivity index (χ0v) is 20.8. The van der Waals surface area contributed by atoms with Gasteiger partial charge >= 0.3 is 6.03 Å². The highest BCUT2D eigenvalue weighted by molar-refractivity contribution is 6.35. The number of amides is 3. The van der Waals surface area contributed by atoms with Crippen LogP contribution in [-0.4, -0.2) is 52.0 Å². The van der Waals surface area contributed by atoms with Crippen molar-refractivity contribution in [1.29, 1.82) is 5.26 Å². The average Bonchev–Trinajstić information content (AvgIpc) is 3.46. The number of imide groups is 1.